The maximum Gasteiger partial charge on any atom is 0.0798 e. The fourth-order valence-corrected chi connectivity index (χ4v) is 2.16. The minimum Gasteiger partial charge on any atom is -0.308 e. The van der Waals surface area contributed by atoms with E-state index in [1.165, 1.54) is 10.4 Å². The van der Waals surface area contributed by atoms with Crippen LogP contribution in [-0.2, 0) is 13.1 Å². The molecular weight excluding hydrogens is 275 g/mol. The highest BCUT2D eigenvalue weighted by Crippen LogP contribution is 2.11. The summed E-state index contributed by atoms with van der Waals surface area (Å²) >= 11 is 1.71. The van der Waals surface area contributed by atoms with Gasteiger partial charge in [0.25, 0.3) is 0 Å². The fraction of sp³-hybridized carbons (Fsp3) is 0.250. The molecule has 2 nitrogen and oxygen atoms in total. The van der Waals surface area contributed by atoms with E-state index in [4.69, 9.17) is 0 Å². The summed E-state index contributed by atoms with van der Waals surface area (Å²) in [5, 5.41) is 3.42. The molecule has 0 radical (unpaired) electrons. The van der Waals surface area contributed by atoms with Gasteiger partial charge in [-0.05, 0) is 12.5 Å². The number of thiazole rings is 1. The molecule has 1 N–H and O–H groups in total. The Morgan fingerprint density at radius 1 is 1.12 bits per heavy atom. The van der Waals surface area contributed by atoms with Gasteiger partial charge in [-0.25, -0.2) is 4.98 Å². The predicted octanol–water partition coefficient (Wildman–Crippen LogP) is 3.58. The largest absolute Gasteiger partial charge is 0.308 e. The van der Waals surface area contributed by atoms with Crippen LogP contribution in [0.4, 0.5) is 0 Å². The molecule has 0 amide bonds. The Labute approximate surface area is 118 Å². The summed E-state index contributed by atoms with van der Waals surface area (Å²) in [5.41, 5.74) is 4.36. The van der Waals surface area contributed by atoms with Crippen molar-refractivity contribution in [1.82, 2.24) is 10.3 Å². The van der Waals surface area contributed by atoms with Gasteiger partial charge in [-0.3, -0.25) is 0 Å². The quantitative estimate of drug-likeness (QED) is 0.931. The summed E-state index contributed by atoms with van der Waals surface area (Å²) in [4.78, 5) is 5.55. The highest BCUT2D eigenvalue weighted by molar-refractivity contribution is 7.09. The zero-order valence-corrected chi connectivity index (χ0v) is 12.0. The monoisotopic (exact) mass is 290 g/mol. The van der Waals surface area contributed by atoms with Crippen molar-refractivity contribution in [2.45, 2.75) is 20.0 Å². The first-order valence-corrected chi connectivity index (χ1v) is 5.88. The van der Waals surface area contributed by atoms with Crippen LogP contribution in [0.15, 0.2) is 35.8 Å². The average Bonchev–Trinajstić information content (AvgIpc) is 2.66. The molecule has 1 heterocycles. The lowest BCUT2D eigenvalue weighted by Crippen LogP contribution is -2.12. The van der Waals surface area contributed by atoms with Gasteiger partial charge in [-0.1, -0.05) is 30.3 Å². The van der Waals surface area contributed by atoms with Crippen molar-refractivity contribution in [2.24, 2.45) is 0 Å². The molecule has 2 aromatic rings. The molecular formula is C12H16Cl2N2S. The Bertz CT molecular complexity index is 417. The molecule has 5 heteroatoms. The van der Waals surface area contributed by atoms with Gasteiger partial charge >= 0.3 is 0 Å². The van der Waals surface area contributed by atoms with E-state index in [2.05, 4.69) is 41.5 Å². The van der Waals surface area contributed by atoms with Gasteiger partial charge in [0, 0.05) is 18.0 Å². The van der Waals surface area contributed by atoms with Gasteiger partial charge in [0.2, 0.25) is 0 Å². The highest BCUT2D eigenvalue weighted by atomic mass is 35.5. The van der Waals surface area contributed by atoms with E-state index in [0.29, 0.717) is 0 Å². The minimum absolute atomic E-state index is 0. The number of aromatic nitrogens is 1. The molecule has 0 spiro atoms. The minimum atomic E-state index is 0. The number of halogens is 2. The van der Waals surface area contributed by atoms with Crippen molar-refractivity contribution in [3.05, 3.63) is 52.0 Å². The second-order valence-corrected chi connectivity index (χ2v) is 4.39. The first kappa shape index (κ1) is 16.4. The molecule has 1 aromatic carbocycles. The van der Waals surface area contributed by atoms with Gasteiger partial charge in [0.1, 0.15) is 0 Å². The molecule has 0 saturated carbocycles. The molecule has 0 aliphatic rings. The molecule has 94 valence electrons. The third-order valence-corrected chi connectivity index (χ3v) is 3.24. The second kappa shape index (κ2) is 8.48. The van der Waals surface area contributed by atoms with Crippen LogP contribution < -0.4 is 5.32 Å². The Kier molecular flexibility index (Phi) is 8.17. The number of hydrogen-bond acceptors (Lipinski definition) is 3. The van der Waals surface area contributed by atoms with E-state index in [9.17, 15) is 0 Å². The van der Waals surface area contributed by atoms with Crippen molar-refractivity contribution in [1.29, 1.82) is 0 Å². The Balaban J connectivity index is 0.00000128. The van der Waals surface area contributed by atoms with Crippen molar-refractivity contribution < 1.29 is 0 Å². The number of aryl methyl sites for hydroxylation is 1. The fourth-order valence-electron chi connectivity index (χ4n) is 1.41. The van der Waals surface area contributed by atoms with E-state index in [1.54, 1.807) is 11.3 Å². The Hall–Kier alpha value is -0.610. The van der Waals surface area contributed by atoms with Crippen LogP contribution in [-0.4, -0.2) is 4.98 Å². The third-order valence-electron chi connectivity index (χ3n) is 2.30. The van der Waals surface area contributed by atoms with Crippen LogP contribution in [0.25, 0.3) is 0 Å². The summed E-state index contributed by atoms with van der Waals surface area (Å²) in [5.74, 6) is 0. The second-order valence-electron chi connectivity index (χ2n) is 3.45. The van der Waals surface area contributed by atoms with Crippen molar-refractivity contribution in [2.75, 3.05) is 0 Å². The van der Waals surface area contributed by atoms with Crippen LogP contribution in [0.5, 0.6) is 0 Å². The zero-order chi connectivity index (χ0) is 10.5. The first-order valence-electron chi connectivity index (χ1n) is 5.00. The van der Waals surface area contributed by atoms with Crippen molar-refractivity contribution in [3.8, 4) is 0 Å². The molecule has 17 heavy (non-hydrogen) atoms. The molecule has 0 aliphatic heterocycles. The number of nitrogens with zero attached hydrogens (tertiary/aromatic N) is 1. The van der Waals surface area contributed by atoms with Gasteiger partial charge in [-0.2, -0.15) is 0 Å². The maximum atomic E-state index is 4.22. The van der Waals surface area contributed by atoms with E-state index < -0.39 is 0 Å². The molecule has 2 rings (SSSR count). The van der Waals surface area contributed by atoms with Crippen molar-refractivity contribution in [3.63, 3.8) is 0 Å². The standard InChI is InChI=1S/C12H14N2S.2ClH/c1-10-12(15-9-14-10)8-13-7-11-5-3-2-4-6-11;;/h2-6,9,13H,7-8H2,1H3;2*1H. The summed E-state index contributed by atoms with van der Waals surface area (Å²) < 4.78 is 0. The lowest BCUT2D eigenvalue weighted by molar-refractivity contribution is 0.697. The van der Waals surface area contributed by atoms with E-state index in [0.717, 1.165) is 18.8 Å². The van der Waals surface area contributed by atoms with E-state index in [-0.39, 0.29) is 24.8 Å². The zero-order valence-electron chi connectivity index (χ0n) is 9.55. The highest BCUT2D eigenvalue weighted by Gasteiger charge is 1.99. The van der Waals surface area contributed by atoms with Crippen molar-refractivity contribution >= 4 is 36.2 Å². The number of rotatable bonds is 4. The van der Waals surface area contributed by atoms with E-state index >= 15 is 0 Å². The number of nitrogens with one attached hydrogen (secondary N) is 1. The molecule has 0 atom stereocenters. The predicted molar refractivity (Wildman–Crippen MR) is 78.3 cm³/mol. The van der Waals surface area contributed by atoms with Crippen LogP contribution >= 0.6 is 36.2 Å². The van der Waals surface area contributed by atoms with Gasteiger partial charge < -0.3 is 5.32 Å². The van der Waals surface area contributed by atoms with Gasteiger partial charge in [0.15, 0.2) is 0 Å². The topological polar surface area (TPSA) is 24.9 Å². The molecule has 0 aliphatic carbocycles. The summed E-state index contributed by atoms with van der Waals surface area (Å²) in [6.07, 6.45) is 0. The lowest BCUT2D eigenvalue weighted by Gasteiger charge is -2.03. The maximum absolute atomic E-state index is 4.22. The molecule has 0 saturated heterocycles. The van der Waals surface area contributed by atoms with Crippen LogP contribution in [0.3, 0.4) is 0 Å². The molecule has 0 fully saturated rings. The Morgan fingerprint density at radius 2 is 1.82 bits per heavy atom. The first-order chi connectivity index (χ1) is 7.36. The SMILES string of the molecule is Cc1ncsc1CNCc1ccccc1.Cl.Cl. The normalized spacial score (nSPS) is 9.24. The van der Waals surface area contributed by atoms with E-state index in [1.807, 2.05) is 11.6 Å². The smallest absolute Gasteiger partial charge is 0.0798 e. The van der Waals surface area contributed by atoms with Crippen LogP contribution in [0.1, 0.15) is 16.1 Å². The van der Waals surface area contributed by atoms with Crippen LogP contribution in [0.2, 0.25) is 0 Å². The number of hydrogen-bond donors (Lipinski definition) is 1. The molecule has 0 bridgehead atoms. The molecule has 1 aromatic heterocycles. The summed E-state index contributed by atoms with van der Waals surface area (Å²) in [7, 11) is 0. The summed E-state index contributed by atoms with van der Waals surface area (Å²) in [6, 6.07) is 10.4. The van der Waals surface area contributed by atoms with Gasteiger partial charge in [0.05, 0.1) is 11.2 Å². The average molecular weight is 291 g/mol. The lowest BCUT2D eigenvalue weighted by atomic mass is 10.2. The van der Waals surface area contributed by atoms with Crippen LogP contribution in [0, 0.1) is 6.92 Å². The summed E-state index contributed by atoms with van der Waals surface area (Å²) in [6.45, 7) is 3.87. The Morgan fingerprint density at radius 3 is 2.41 bits per heavy atom. The number of benzene rings is 1. The molecule has 0 unspecified atom stereocenters. The van der Waals surface area contributed by atoms with Gasteiger partial charge in [-0.15, -0.1) is 36.2 Å². The third kappa shape index (κ3) is 5.04.